The first-order chi connectivity index (χ1) is 6.83. The fraction of sp³-hybridized carbons (Fsp3) is 1.00. The molecule has 0 aliphatic carbocycles. The third kappa shape index (κ3) is 22.7. The summed E-state index contributed by atoms with van der Waals surface area (Å²) >= 11 is 0. The van der Waals surface area contributed by atoms with Gasteiger partial charge in [-0.1, -0.05) is 72.1 Å². The lowest BCUT2D eigenvalue weighted by Gasteiger charge is -1.97. The molecule has 0 saturated heterocycles. The normalized spacial score (nSPS) is 9.43. The van der Waals surface area contributed by atoms with Gasteiger partial charge in [-0.05, 0) is 6.42 Å². The summed E-state index contributed by atoms with van der Waals surface area (Å²) in [6.45, 7) is 6.79. The maximum Gasteiger partial charge on any atom is 0.0428 e. The van der Waals surface area contributed by atoms with Crippen LogP contribution in [0.4, 0.5) is 0 Å². The van der Waals surface area contributed by atoms with E-state index in [0.29, 0.717) is 6.61 Å². The van der Waals surface area contributed by atoms with Crippen LogP contribution >= 0.6 is 0 Å². The minimum atomic E-state index is 0.319. The lowest BCUT2D eigenvalue weighted by molar-refractivity contribution is 0.295. The standard InChI is InChI=1S/C10H22.C3H8O/c1-3-5-7-9-10-8-6-4-2;1-2-3-4/h3-10H2,1-2H3;4H,2-3H2,1H3. The summed E-state index contributed by atoms with van der Waals surface area (Å²) in [6, 6.07) is 0. The van der Waals surface area contributed by atoms with Crippen LogP contribution in [0.5, 0.6) is 0 Å². The fourth-order valence-electron chi connectivity index (χ4n) is 1.21. The molecule has 0 unspecified atom stereocenters. The molecule has 0 bridgehead atoms. The van der Waals surface area contributed by atoms with Crippen molar-refractivity contribution in [1.29, 1.82) is 0 Å². The number of hydrogen-bond acceptors (Lipinski definition) is 1. The average Bonchev–Trinajstić information content (AvgIpc) is 2.24. The lowest BCUT2D eigenvalue weighted by atomic mass is 10.1. The molecule has 14 heavy (non-hydrogen) atoms. The van der Waals surface area contributed by atoms with Gasteiger partial charge < -0.3 is 5.11 Å². The van der Waals surface area contributed by atoms with Gasteiger partial charge in [0, 0.05) is 6.61 Å². The van der Waals surface area contributed by atoms with Gasteiger partial charge in [0.1, 0.15) is 0 Å². The van der Waals surface area contributed by atoms with Gasteiger partial charge in [-0.15, -0.1) is 0 Å². The molecular formula is C13H30O. The maximum absolute atomic E-state index is 7.88. The second-order valence-corrected chi connectivity index (χ2v) is 3.84. The maximum atomic E-state index is 7.88. The van der Waals surface area contributed by atoms with Crippen LogP contribution in [0.3, 0.4) is 0 Å². The highest BCUT2D eigenvalue weighted by Gasteiger charge is 1.87. The second-order valence-electron chi connectivity index (χ2n) is 3.84. The lowest BCUT2D eigenvalue weighted by Crippen LogP contribution is -1.77. The van der Waals surface area contributed by atoms with Gasteiger partial charge in [0.2, 0.25) is 0 Å². The van der Waals surface area contributed by atoms with Crippen LogP contribution in [0.15, 0.2) is 0 Å². The van der Waals surface area contributed by atoms with Crippen molar-refractivity contribution in [3.8, 4) is 0 Å². The van der Waals surface area contributed by atoms with E-state index >= 15 is 0 Å². The molecule has 88 valence electrons. The Kier molecular flexibility index (Phi) is 21.9. The number of aliphatic hydroxyl groups excluding tert-OH is 1. The predicted octanol–water partition coefficient (Wildman–Crippen LogP) is 4.54. The van der Waals surface area contributed by atoms with Gasteiger partial charge >= 0.3 is 0 Å². The zero-order valence-electron chi connectivity index (χ0n) is 10.5. The first-order valence-corrected chi connectivity index (χ1v) is 6.44. The quantitative estimate of drug-likeness (QED) is 0.573. The predicted molar refractivity (Wildman–Crippen MR) is 65.7 cm³/mol. The van der Waals surface area contributed by atoms with Crippen molar-refractivity contribution in [3.05, 3.63) is 0 Å². The van der Waals surface area contributed by atoms with Crippen LogP contribution in [0.1, 0.15) is 78.6 Å². The topological polar surface area (TPSA) is 20.2 Å². The van der Waals surface area contributed by atoms with E-state index in [1.54, 1.807) is 0 Å². The van der Waals surface area contributed by atoms with Gasteiger partial charge in [0.15, 0.2) is 0 Å². The van der Waals surface area contributed by atoms with E-state index in [0.717, 1.165) is 6.42 Å². The molecular weight excluding hydrogens is 172 g/mol. The number of unbranched alkanes of at least 4 members (excludes halogenated alkanes) is 7. The van der Waals surface area contributed by atoms with E-state index in [-0.39, 0.29) is 0 Å². The van der Waals surface area contributed by atoms with E-state index in [9.17, 15) is 0 Å². The Morgan fingerprint density at radius 1 is 0.571 bits per heavy atom. The summed E-state index contributed by atoms with van der Waals surface area (Å²) in [4.78, 5) is 0. The molecule has 0 radical (unpaired) electrons. The highest BCUT2D eigenvalue weighted by Crippen LogP contribution is 2.07. The second kappa shape index (κ2) is 18.7. The molecule has 0 heterocycles. The molecule has 1 nitrogen and oxygen atoms in total. The molecule has 0 amide bonds. The van der Waals surface area contributed by atoms with Gasteiger partial charge in [-0.2, -0.15) is 0 Å². The Labute approximate surface area is 90.9 Å². The molecule has 0 fully saturated rings. The Hall–Kier alpha value is -0.0400. The fourth-order valence-corrected chi connectivity index (χ4v) is 1.21. The van der Waals surface area contributed by atoms with Crippen molar-refractivity contribution < 1.29 is 5.11 Å². The van der Waals surface area contributed by atoms with E-state index < -0.39 is 0 Å². The molecule has 0 aliphatic heterocycles. The number of aliphatic hydroxyl groups is 1. The molecule has 0 spiro atoms. The molecule has 1 N–H and O–H groups in total. The molecule has 1 heteroatoms. The molecule has 0 atom stereocenters. The van der Waals surface area contributed by atoms with Gasteiger partial charge in [0.05, 0.1) is 0 Å². The minimum absolute atomic E-state index is 0.319. The van der Waals surface area contributed by atoms with Crippen LogP contribution in [0.25, 0.3) is 0 Å². The van der Waals surface area contributed by atoms with Crippen LogP contribution < -0.4 is 0 Å². The molecule has 0 aromatic rings. The monoisotopic (exact) mass is 202 g/mol. The summed E-state index contributed by atoms with van der Waals surface area (Å²) in [6.07, 6.45) is 12.3. The average molecular weight is 202 g/mol. The molecule has 0 saturated carbocycles. The van der Waals surface area contributed by atoms with E-state index in [2.05, 4.69) is 13.8 Å². The smallest absolute Gasteiger partial charge is 0.0428 e. The SMILES string of the molecule is CCCCCCCCCC.CCCO. The zero-order valence-corrected chi connectivity index (χ0v) is 10.5. The molecule has 0 rings (SSSR count). The van der Waals surface area contributed by atoms with Crippen LogP contribution in [-0.2, 0) is 0 Å². The molecule has 0 aromatic heterocycles. The van der Waals surface area contributed by atoms with Crippen molar-refractivity contribution in [1.82, 2.24) is 0 Å². The van der Waals surface area contributed by atoms with Gasteiger partial charge in [0.25, 0.3) is 0 Å². The highest BCUT2D eigenvalue weighted by atomic mass is 16.2. The Bertz CT molecular complexity index is 61.6. The third-order valence-electron chi connectivity index (χ3n) is 2.18. The highest BCUT2D eigenvalue weighted by molar-refractivity contribution is 4.43. The van der Waals surface area contributed by atoms with Crippen molar-refractivity contribution in [2.24, 2.45) is 0 Å². The minimum Gasteiger partial charge on any atom is -0.396 e. The summed E-state index contributed by atoms with van der Waals surface area (Å²) in [5.74, 6) is 0. The van der Waals surface area contributed by atoms with Gasteiger partial charge in [-0.25, -0.2) is 0 Å². The van der Waals surface area contributed by atoms with E-state index in [4.69, 9.17) is 5.11 Å². The van der Waals surface area contributed by atoms with Crippen molar-refractivity contribution >= 4 is 0 Å². The van der Waals surface area contributed by atoms with Crippen LogP contribution in [0.2, 0.25) is 0 Å². The Morgan fingerprint density at radius 2 is 0.857 bits per heavy atom. The summed E-state index contributed by atoms with van der Waals surface area (Å²) in [7, 11) is 0. The van der Waals surface area contributed by atoms with Crippen LogP contribution in [-0.4, -0.2) is 11.7 Å². The van der Waals surface area contributed by atoms with Crippen molar-refractivity contribution in [2.75, 3.05) is 6.61 Å². The number of rotatable bonds is 8. The Balaban J connectivity index is 0. The first-order valence-electron chi connectivity index (χ1n) is 6.44. The first kappa shape index (κ1) is 16.4. The summed E-state index contributed by atoms with van der Waals surface area (Å²) in [5, 5.41) is 7.88. The van der Waals surface area contributed by atoms with Gasteiger partial charge in [-0.3, -0.25) is 0 Å². The largest absolute Gasteiger partial charge is 0.396 e. The molecule has 0 aromatic carbocycles. The van der Waals surface area contributed by atoms with Crippen molar-refractivity contribution in [2.45, 2.75) is 78.6 Å². The molecule has 0 aliphatic rings. The van der Waals surface area contributed by atoms with E-state index in [1.165, 1.54) is 51.4 Å². The number of hydrogen-bond donors (Lipinski definition) is 1. The Morgan fingerprint density at radius 3 is 1.07 bits per heavy atom. The summed E-state index contributed by atoms with van der Waals surface area (Å²) < 4.78 is 0. The van der Waals surface area contributed by atoms with E-state index in [1.807, 2.05) is 6.92 Å². The summed E-state index contributed by atoms with van der Waals surface area (Å²) in [5.41, 5.74) is 0. The van der Waals surface area contributed by atoms with Crippen molar-refractivity contribution in [3.63, 3.8) is 0 Å². The zero-order chi connectivity index (χ0) is 11.1. The third-order valence-corrected chi connectivity index (χ3v) is 2.18. The van der Waals surface area contributed by atoms with Crippen LogP contribution in [0, 0.1) is 0 Å².